The highest BCUT2D eigenvalue weighted by atomic mass is 79.9. The third kappa shape index (κ3) is 11.9. The first-order valence-electron chi connectivity index (χ1n) is 20.6. The lowest BCUT2D eigenvalue weighted by Crippen LogP contribution is -2.10. The van der Waals surface area contributed by atoms with Crippen molar-refractivity contribution in [2.75, 3.05) is 14.2 Å². The van der Waals surface area contributed by atoms with Gasteiger partial charge in [-0.1, -0.05) is 96.0 Å². The Morgan fingerprint density at radius 1 is 0.571 bits per heavy atom. The molecule has 0 atom stereocenters. The fourth-order valence-corrected chi connectivity index (χ4v) is 8.51. The van der Waals surface area contributed by atoms with Crippen LogP contribution in [0.15, 0.2) is 131 Å². The van der Waals surface area contributed by atoms with Gasteiger partial charge in [0.15, 0.2) is 0 Å². The lowest BCUT2D eigenvalue weighted by Gasteiger charge is -2.25. The number of hydrogen-bond donors (Lipinski definition) is 1. The molecule has 4 aromatic carbocycles. The molecule has 0 spiro atoms. The third-order valence-corrected chi connectivity index (χ3v) is 12.3. The maximum absolute atomic E-state index is 14.8. The summed E-state index contributed by atoms with van der Waals surface area (Å²) in [5.74, 6) is 0.822. The van der Waals surface area contributed by atoms with E-state index in [0.717, 1.165) is 63.5 Å². The standard InChI is InChI=1S/C26H25BrFNO2.C21H23FO2.C5H3BrFN/c1-26(2)11-4-5-23(26)21-13-17(16-31-25-14-18(27)10-12-29-25)6-8-20(21)22-15-19(30-3)7-9-24(22)28;1-21(2)10-4-5-19(21)17-11-14(13-23)6-8-16(17)18-12-15(24-3)7-9-20(18)22;6-4-1-2-8-5(7)3-4/h5-10,12-15H,4,11,16H2,1-3H3;5-9,11-12,23H,4,10,13H2,1-3H3;1-3H. The molecule has 6 aromatic rings. The molecule has 2 aliphatic carbocycles. The van der Waals surface area contributed by atoms with Crippen LogP contribution < -0.4 is 14.2 Å². The summed E-state index contributed by atoms with van der Waals surface area (Å²) in [7, 11) is 3.17. The van der Waals surface area contributed by atoms with E-state index in [4.69, 9.17) is 14.2 Å². The molecule has 328 valence electrons. The van der Waals surface area contributed by atoms with E-state index in [2.05, 4.69) is 87.7 Å². The Bertz CT molecular complexity index is 2610. The summed E-state index contributed by atoms with van der Waals surface area (Å²) in [6, 6.07) is 28.1. The lowest BCUT2D eigenvalue weighted by molar-refractivity contribution is 0.282. The van der Waals surface area contributed by atoms with Gasteiger partial charge in [-0.05, 0) is 142 Å². The van der Waals surface area contributed by atoms with Crippen LogP contribution in [0.2, 0.25) is 0 Å². The Balaban J connectivity index is 0.000000182. The van der Waals surface area contributed by atoms with Crippen molar-refractivity contribution < 1.29 is 32.5 Å². The first kappa shape index (κ1) is 47.3. The van der Waals surface area contributed by atoms with Crippen LogP contribution in [0.4, 0.5) is 13.2 Å². The summed E-state index contributed by atoms with van der Waals surface area (Å²) in [5, 5.41) is 9.52. The van der Waals surface area contributed by atoms with Gasteiger partial charge in [0.05, 0.1) is 20.8 Å². The smallest absolute Gasteiger partial charge is 0.214 e. The van der Waals surface area contributed by atoms with E-state index >= 15 is 0 Å². The maximum atomic E-state index is 14.8. The second-order valence-electron chi connectivity index (χ2n) is 16.6. The largest absolute Gasteiger partial charge is 0.497 e. The fraction of sp³-hybridized carbons (Fsp3) is 0.269. The average molecular weight is 985 g/mol. The normalized spacial score (nSPS) is 14.7. The molecule has 8 rings (SSSR count). The zero-order valence-corrected chi connectivity index (χ0v) is 39.4. The summed E-state index contributed by atoms with van der Waals surface area (Å²) >= 11 is 6.52. The molecule has 11 heteroatoms. The van der Waals surface area contributed by atoms with E-state index in [1.165, 1.54) is 35.5 Å². The Hall–Kier alpha value is -5.23. The molecule has 0 bridgehead atoms. The van der Waals surface area contributed by atoms with Gasteiger partial charge >= 0.3 is 0 Å². The molecule has 0 saturated heterocycles. The van der Waals surface area contributed by atoms with Gasteiger partial charge in [0, 0.05) is 44.6 Å². The summed E-state index contributed by atoms with van der Waals surface area (Å²) in [6.45, 7) is 9.26. The number of aliphatic hydroxyl groups excluding tert-OH is 1. The van der Waals surface area contributed by atoms with Gasteiger partial charge in [-0.15, -0.1) is 0 Å². The number of nitrogens with zero attached hydrogens (tertiary/aromatic N) is 2. The Morgan fingerprint density at radius 2 is 1.06 bits per heavy atom. The summed E-state index contributed by atoms with van der Waals surface area (Å²) < 4.78 is 59.5. The summed E-state index contributed by atoms with van der Waals surface area (Å²) in [6.07, 6.45) is 11.8. The zero-order chi connectivity index (χ0) is 45.3. The first-order chi connectivity index (χ1) is 30.1. The SMILES string of the molecule is COc1ccc(F)c(-c2ccc(CO)cc2C2=CCCC2(C)C)c1.COc1ccc(F)c(-c2ccc(COc3cc(Br)ccn3)cc2C2=CCCC2(C)C)c1.Fc1cc(Br)ccn1. The molecule has 63 heavy (non-hydrogen) atoms. The van der Waals surface area contributed by atoms with E-state index in [9.17, 15) is 18.3 Å². The van der Waals surface area contributed by atoms with Crippen LogP contribution in [0.25, 0.3) is 33.4 Å². The highest BCUT2D eigenvalue weighted by Crippen LogP contribution is 2.49. The number of aliphatic hydroxyl groups is 1. The van der Waals surface area contributed by atoms with Crippen LogP contribution in [0.3, 0.4) is 0 Å². The number of methoxy groups -OCH3 is 2. The number of hydrogen-bond acceptors (Lipinski definition) is 6. The molecule has 2 aliphatic rings. The number of benzene rings is 4. The number of pyridine rings is 2. The van der Waals surface area contributed by atoms with Crippen LogP contribution in [-0.4, -0.2) is 29.3 Å². The summed E-state index contributed by atoms with van der Waals surface area (Å²) in [4.78, 5) is 7.59. The minimum atomic E-state index is -0.459. The monoisotopic (exact) mass is 982 g/mol. The van der Waals surface area contributed by atoms with Gasteiger partial charge in [-0.2, -0.15) is 4.39 Å². The molecule has 0 radical (unpaired) electrons. The molecule has 0 aliphatic heterocycles. The molecular formula is C52H51Br2F3N2O4. The van der Waals surface area contributed by atoms with Crippen LogP contribution >= 0.6 is 31.9 Å². The fourth-order valence-electron chi connectivity index (χ4n) is 7.89. The number of rotatable bonds is 10. The van der Waals surface area contributed by atoms with Crippen molar-refractivity contribution in [3.05, 3.63) is 170 Å². The van der Waals surface area contributed by atoms with E-state index in [1.807, 2.05) is 42.5 Å². The Kier molecular flexibility index (Phi) is 15.7. The van der Waals surface area contributed by atoms with E-state index in [-0.39, 0.29) is 29.1 Å². The van der Waals surface area contributed by atoms with E-state index in [1.54, 1.807) is 50.7 Å². The van der Waals surface area contributed by atoms with E-state index < -0.39 is 5.95 Å². The van der Waals surface area contributed by atoms with Crippen molar-refractivity contribution >= 4 is 43.0 Å². The topological polar surface area (TPSA) is 73.7 Å². The van der Waals surface area contributed by atoms with Crippen LogP contribution in [0, 0.1) is 28.4 Å². The van der Waals surface area contributed by atoms with Crippen molar-refractivity contribution in [2.45, 2.75) is 66.6 Å². The van der Waals surface area contributed by atoms with Gasteiger partial charge in [0.1, 0.15) is 29.7 Å². The molecule has 0 fully saturated rings. The van der Waals surface area contributed by atoms with Crippen LogP contribution in [0.1, 0.15) is 75.6 Å². The predicted molar refractivity (Wildman–Crippen MR) is 253 cm³/mol. The average Bonchev–Trinajstić information content (AvgIpc) is 3.82. The van der Waals surface area contributed by atoms with Crippen molar-refractivity contribution in [3.8, 4) is 39.6 Å². The van der Waals surface area contributed by atoms with Gasteiger partial charge < -0.3 is 19.3 Å². The molecular weight excluding hydrogens is 933 g/mol. The lowest BCUT2D eigenvalue weighted by atomic mass is 9.79. The highest BCUT2D eigenvalue weighted by Gasteiger charge is 2.32. The van der Waals surface area contributed by atoms with Crippen molar-refractivity contribution in [1.29, 1.82) is 0 Å². The minimum absolute atomic E-state index is 0.0232. The van der Waals surface area contributed by atoms with Gasteiger partial charge in [-0.25, -0.2) is 18.7 Å². The van der Waals surface area contributed by atoms with Gasteiger partial charge in [-0.3, -0.25) is 0 Å². The van der Waals surface area contributed by atoms with Crippen LogP contribution in [0.5, 0.6) is 17.4 Å². The maximum Gasteiger partial charge on any atom is 0.214 e. The highest BCUT2D eigenvalue weighted by molar-refractivity contribution is 9.10. The minimum Gasteiger partial charge on any atom is -0.497 e. The summed E-state index contributed by atoms with van der Waals surface area (Å²) in [5.41, 5.74) is 9.17. The molecule has 2 aromatic heterocycles. The number of halogens is 5. The second kappa shape index (κ2) is 21.0. The van der Waals surface area contributed by atoms with Crippen molar-refractivity contribution in [1.82, 2.24) is 9.97 Å². The Morgan fingerprint density at radius 3 is 1.49 bits per heavy atom. The van der Waals surface area contributed by atoms with E-state index in [0.29, 0.717) is 39.6 Å². The molecule has 0 amide bonds. The first-order valence-corrected chi connectivity index (χ1v) is 22.2. The third-order valence-electron chi connectivity index (χ3n) is 11.3. The molecule has 0 unspecified atom stereocenters. The second-order valence-corrected chi connectivity index (χ2v) is 18.4. The Labute approximate surface area is 385 Å². The van der Waals surface area contributed by atoms with Crippen LogP contribution in [-0.2, 0) is 13.2 Å². The number of aromatic nitrogens is 2. The molecule has 0 saturated carbocycles. The predicted octanol–water partition coefficient (Wildman–Crippen LogP) is 14.6. The number of allylic oxidation sites excluding steroid dienone is 4. The zero-order valence-electron chi connectivity index (χ0n) is 36.2. The van der Waals surface area contributed by atoms with Crippen molar-refractivity contribution in [3.63, 3.8) is 0 Å². The van der Waals surface area contributed by atoms with Crippen molar-refractivity contribution in [2.24, 2.45) is 10.8 Å². The molecule has 2 heterocycles. The van der Waals surface area contributed by atoms with Gasteiger partial charge in [0.25, 0.3) is 0 Å². The molecule has 6 nitrogen and oxygen atoms in total. The van der Waals surface area contributed by atoms with Gasteiger partial charge in [0.2, 0.25) is 11.8 Å². The quantitative estimate of drug-likeness (QED) is 0.138. The number of ether oxygens (including phenoxy) is 3. The molecule has 1 N–H and O–H groups in total.